The zero-order valence-electron chi connectivity index (χ0n) is 9.21. The summed E-state index contributed by atoms with van der Waals surface area (Å²) >= 11 is 0. The van der Waals surface area contributed by atoms with Gasteiger partial charge in [0, 0.05) is 5.41 Å². The van der Waals surface area contributed by atoms with E-state index in [1.165, 1.54) is 11.1 Å². The molecule has 2 heteroatoms. The zero-order valence-corrected chi connectivity index (χ0v) is 9.21. The molecule has 1 aromatic rings. The Morgan fingerprint density at radius 1 is 1.36 bits per heavy atom. The molecule has 0 heterocycles. The van der Waals surface area contributed by atoms with Crippen LogP contribution in [0.1, 0.15) is 31.9 Å². The lowest BCUT2D eigenvalue weighted by atomic mass is 9.84. The van der Waals surface area contributed by atoms with Gasteiger partial charge in [0.15, 0.2) is 0 Å². The van der Waals surface area contributed by atoms with Crippen LogP contribution < -0.4 is 5.90 Å². The van der Waals surface area contributed by atoms with E-state index in [1.54, 1.807) is 0 Å². The van der Waals surface area contributed by atoms with Crippen molar-refractivity contribution in [3.05, 3.63) is 35.4 Å². The summed E-state index contributed by atoms with van der Waals surface area (Å²) in [6.07, 6.45) is 1.06. The number of aryl methyl sites for hydroxylation is 1. The summed E-state index contributed by atoms with van der Waals surface area (Å²) in [7, 11) is 0. The fourth-order valence-corrected chi connectivity index (χ4v) is 1.50. The maximum Gasteiger partial charge on any atom is 0.0770 e. The van der Waals surface area contributed by atoms with Gasteiger partial charge in [0.05, 0.1) is 6.61 Å². The smallest absolute Gasteiger partial charge is 0.0770 e. The third-order valence-electron chi connectivity index (χ3n) is 2.56. The lowest BCUT2D eigenvalue weighted by molar-refractivity contribution is 0.0964. The fraction of sp³-hybridized carbons (Fsp3) is 0.500. The zero-order chi connectivity index (χ0) is 10.6. The summed E-state index contributed by atoms with van der Waals surface area (Å²) in [6, 6.07) is 8.58. The second kappa shape index (κ2) is 4.58. The standard InChI is InChI=1S/C12H19NO/c1-4-10-6-5-7-11(8-10)12(2,3)9-14-13/h5-8H,4,9,13H2,1-3H3. The first-order valence-corrected chi connectivity index (χ1v) is 5.01. The Bertz CT molecular complexity index is 294. The average Bonchev–Trinajstić information content (AvgIpc) is 2.18. The molecule has 2 N–H and O–H groups in total. The van der Waals surface area contributed by atoms with Crippen molar-refractivity contribution in [1.29, 1.82) is 0 Å². The lowest BCUT2D eigenvalue weighted by Crippen LogP contribution is -2.26. The highest BCUT2D eigenvalue weighted by Gasteiger charge is 2.20. The summed E-state index contributed by atoms with van der Waals surface area (Å²) in [4.78, 5) is 4.73. The van der Waals surface area contributed by atoms with Gasteiger partial charge in [-0.2, -0.15) is 0 Å². The Kier molecular flexibility index (Phi) is 3.67. The van der Waals surface area contributed by atoms with E-state index in [2.05, 4.69) is 45.0 Å². The van der Waals surface area contributed by atoms with Gasteiger partial charge in [0.1, 0.15) is 0 Å². The Morgan fingerprint density at radius 2 is 2.07 bits per heavy atom. The van der Waals surface area contributed by atoms with Crippen molar-refractivity contribution in [2.45, 2.75) is 32.6 Å². The van der Waals surface area contributed by atoms with E-state index >= 15 is 0 Å². The van der Waals surface area contributed by atoms with Crippen LogP contribution >= 0.6 is 0 Å². The Morgan fingerprint density at radius 3 is 2.64 bits per heavy atom. The minimum Gasteiger partial charge on any atom is -0.304 e. The number of hydrogen-bond acceptors (Lipinski definition) is 2. The van der Waals surface area contributed by atoms with Crippen molar-refractivity contribution in [3.63, 3.8) is 0 Å². The van der Waals surface area contributed by atoms with Crippen molar-refractivity contribution in [1.82, 2.24) is 0 Å². The predicted molar refractivity (Wildman–Crippen MR) is 59.0 cm³/mol. The molecule has 2 nitrogen and oxygen atoms in total. The first kappa shape index (κ1) is 11.2. The topological polar surface area (TPSA) is 35.2 Å². The molecule has 0 atom stereocenters. The lowest BCUT2D eigenvalue weighted by Gasteiger charge is -2.24. The molecule has 0 amide bonds. The van der Waals surface area contributed by atoms with Crippen LogP contribution in [0.5, 0.6) is 0 Å². The summed E-state index contributed by atoms with van der Waals surface area (Å²) in [5, 5.41) is 0. The molecule has 0 aliphatic carbocycles. The molecule has 0 spiro atoms. The third-order valence-corrected chi connectivity index (χ3v) is 2.56. The predicted octanol–water partition coefficient (Wildman–Crippen LogP) is 2.42. The van der Waals surface area contributed by atoms with Crippen molar-refractivity contribution in [2.75, 3.05) is 6.61 Å². The van der Waals surface area contributed by atoms with Crippen LogP contribution in [0.2, 0.25) is 0 Å². The molecule has 0 fully saturated rings. The van der Waals surface area contributed by atoms with Gasteiger partial charge in [-0.15, -0.1) is 0 Å². The maximum atomic E-state index is 5.12. The van der Waals surface area contributed by atoms with Gasteiger partial charge in [-0.25, -0.2) is 5.90 Å². The minimum atomic E-state index is -0.0140. The van der Waals surface area contributed by atoms with Crippen LogP contribution in [0.25, 0.3) is 0 Å². The fourth-order valence-electron chi connectivity index (χ4n) is 1.50. The SMILES string of the molecule is CCc1cccc(C(C)(C)CON)c1. The normalized spacial score (nSPS) is 11.7. The van der Waals surface area contributed by atoms with E-state index in [1.807, 2.05) is 0 Å². The number of benzene rings is 1. The van der Waals surface area contributed by atoms with Crippen LogP contribution in [0.15, 0.2) is 24.3 Å². The molecular formula is C12H19NO. The van der Waals surface area contributed by atoms with Gasteiger partial charge in [-0.05, 0) is 17.5 Å². The number of rotatable bonds is 4. The van der Waals surface area contributed by atoms with E-state index in [9.17, 15) is 0 Å². The van der Waals surface area contributed by atoms with E-state index in [0.29, 0.717) is 6.61 Å². The largest absolute Gasteiger partial charge is 0.304 e. The summed E-state index contributed by atoms with van der Waals surface area (Å²) in [6.45, 7) is 6.97. The van der Waals surface area contributed by atoms with E-state index in [-0.39, 0.29) is 5.41 Å². The molecule has 14 heavy (non-hydrogen) atoms. The second-order valence-electron chi connectivity index (χ2n) is 4.25. The Hall–Kier alpha value is -0.860. The van der Waals surface area contributed by atoms with Gasteiger partial charge in [-0.3, -0.25) is 0 Å². The van der Waals surface area contributed by atoms with Gasteiger partial charge >= 0.3 is 0 Å². The highest BCUT2D eigenvalue weighted by atomic mass is 16.6. The van der Waals surface area contributed by atoms with E-state index in [0.717, 1.165) is 6.42 Å². The first-order valence-electron chi connectivity index (χ1n) is 5.01. The number of hydrogen-bond donors (Lipinski definition) is 1. The van der Waals surface area contributed by atoms with Gasteiger partial charge < -0.3 is 4.84 Å². The molecule has 0 bridgehead atoms. The molecule has 0 aliphatic heterocycles. The molecule has 1 rings (SSSR count). The van der Waals surface area contributed by atoms with Crippen LogP contribution in [0.3, 0.4) is 0 Å². The van der Waals surface area contributed by atoms with Crippen molar-refractivity contribution >= 4 is 0 Å². The molecule has 0 unspecified atom stereocenters. The molecule has 78 valence electrons. The maximum absolute atomic E-state index is 5.12. The summed E-state index contributed by atoms with van der Waals surface area (Å²) in [5.74, 6) is 5.12. The van der Waals surface area contributed by atoms with Crippen molar-refractivity contribution < 1.29 is 4.84 Å². The molecule has 1 aromatic carbocycles. The van der Waals surface area contributed by atoms with Crippen molar-refractivity contribution in [3.8, 4) is 0 Å². The second-order valence-corrected chi connectivity index (χ2v) is 4.25. The molecule has 0 aromatic heterocycles. The molecule has 0 aliphatic rings. The van der Waals surface area contributed by atoms with Crippen LogP contribution in [-0.2, 0) is 16.7 Å². The molecule has 0 radical (unpaired) electrons. The summed E-state index contributed by atoms with van der Waals surface area (Å²) in [5.41, 5.74) is 2.62. The van der Waals surface area contributed by atoms with Gasteiger partial charge in [0.25, 0.3) is 0 Å². The van der Waals surface area contributed by atoms with Crippen molar-refractivity contribution in [2.24, 2.45) is 5.90 Å². The highest BCUT2D eigenvalue weighted by molar-refractivity contribution is 5.29. The number of nitrogens with two attached hydrogens (primary N) is 1. The quantitative estimate of drug-likeness (QED) is 0.745. The molecule has 0 saturated carbocycles. The highest BCUT2D eigenvalue weighted by Crippen LogP contribution is 2.23. The Labute approximate surface area is 86.0 Å². The van der Waals surface area contributed by atoms with Crippen LogP contribution in [-0.4, -0.2) is 6.61 Å². The van der Waals surface area contributed by atoms with Crippen LogP contribution in [0.4, 0.5) is 0 Å². The van der Waals surface area contributed by atoms with E-state index in [4.69, 9.17) is 10.7 Å². The first-order chi connectivity index (χ1) is 6.60. The Balaban J connectivity index is 2.93. The van der Waals surface area contributed by atoms with E-state index < -0.39 is 0 Å². The van der Waals surface area contributed by atoms with Crippen LogP contribution in [0, 0.1) is 0 Å². The monoisotopic (exact) mass is 193 g/mol. The molecule has 0 saturated heterocycles. The van der Waals surface area contributed by atoms with Gasteiger partial charge in [-0.1, -0.05) is 45.0 Å². The molecular weight excluding hydrogens is 174 g/mol. The minimum absolute atomic E-state index is 0.0140. The summed E-state index contributed by atoms with van der Waals surface area (Å²) < 4.78 is 0. The van der Waals surface area contributed by atoms with Gasteiger partial charge in [0.2, 0.25) is 0 Å². The average molecular weight is 193 g/mol. The third kappa shape index (κ3) is 2.56.